The SMILES string of the molecule is O=C(CSc1nnc(-c2ccncc2)n1-c1ccccc1)N1CCC[C@@H]1c1ccc2c(c1)OCCO2. The molecule has 9 heteroatoms. The van der Waals surface area contributed by atoms with Crippen LogP contribution in [-0.2, 0) is 4.79 Å². The smallest absolute Gasteiger partial charge is 0.233 e. The van der Waals surface area contributed by atoms with Gasteiger partial charge in [0.15, 0.2) is 22.5 Å². The largest absolute Gasteiger partial charge is 0.486 e. The summed E-state index contributed by atoms with van der Waals surface area (Å²) in [6.07, 6.45) is 5.38. The summed E-state index contributed by atoms with van der Waals surface area (Å²) in [5.41, 5.74) is 2.94. The number of pyridine rings is 1. The molecule has 2 aliphatic rings. The number of carbonyl (C=O) groups is 1. The lowest BCUT2D eigenvalue weighted by Crippen LogP contribution is -2.32. The zero-order valence-corrected chi connectivity index (χ0v) is 20.4. The lowest BCUT2D eigenvalue weighted by atomic mass is 10.0. The third-order valence-electron chi connectivity index (χ3n) is 6.44. The first-order valence-corrected chi connectivity index (χ1v) is 13.0. The van der Waals surface area contributed by atoms with E-state index >= 15 is 0 Å². The number of thioether (sulfide) groups is 1. The van der Waals surface area contributed by atoms with Crippen LogP contribution in [0.4, 0.5) is 0 Å². The van der Waals surface area contributed by atoms with Crippen molar-refractivity contribution < 1.29 is 14.3 Å². The molecule has 1 saturated heterocycles. The number of aromatic nitrogens is 4. The molecule has 2 aliphatic heterocycles. The Bertz CT molecular complexity index is 1360. The molecule has 0 unspecified atom stereocenters. The minimum Gasteiger partial charge on any atom is -0.486 e. The van der Waals surface area contributed by atoms with E-state index in [0.717, 1.165) is 47.7 Å². The summed E-state index contributed by atoms with van der Waals surface area (Å²) in [5, 5.41) is 9.58. The number of amides is 1. The molecule has 4 aromatic rings. The van der Waals surface area contributed by atoms with Gasteiger partial charge in [0, 0.05) is 30.2 Å². The van der Waals surface area contributed by atoms with Gasteiger partial charge in [-0.05, 0) is 54.8 Å². The highest BCUT2D eigenvalue weighted by Crippen LogP contribution is 2.38. The first-order chi connectivity index (χ1) is 17.8. The van der Waals surface area contributed by atoms with Gasteiger partial charge in [-0.1, -0.05) is 36.0 Å². The molecule has 36 heavy (non-hydrogen) atoms. The predicted octanol–water partition coefficient (Wildman–Crippen LogP) is 4.56. The monoisotopic (exact) mass is 499 g/mol. The molecule has 0 aliphatic carbocycles. The van der Waals surface area contributed by atoms with Crippen LogP contribution >= 0.6 is 11.8 Å². The van der Waals surface area contributed by atoms with Crippen molar-refractivity contribution in [1.82, 2.24) is 24.6 Å². The molecule has 2 aromatic carbocycles. The van der Waals surface area contributed by atoms with Crippen LogP contribution in [0.5, 0.6) is 11.5 Å². The summed E-state index contributed by atoms with van der Waals surface area (Å²) in [4.78, 5) is 19.5. The minimum atomic E-state index is 0.0355. The second-order valence-electron chi connectivity index (χ2n) is 8.65. The molecular weight excluding hydrogens is 474 g/mol. The van der Waals surface area contributed by atoms with E-state index < -0.39 is 0 Å². The van der Waals surface area contributed by atoms with E-state index in [4.69, 9.17) is 9.47 Å². The second-order valence-corrected chi connectivity index (χ2v) is 9.59. The van der Waals surface area contributed by atoms with Gasteiger partial charge in [0.1, 0.15) is 13.2 Å². The Balaban J connectivity index is 1.22. The third kappa shape index (κ3) is 4.42. The van der Waals surface area contributed by atoms with Gasteiger partial charge in [-0.25, -0.2) is 0 Å². The number of carbonyl (C=O) groups excluding carboxylic acids is 1. The minimum absolute atomic E-state index is 0.0355. The number of hydrogen-bond acceptors (Lipinski definition) is 7. The number of hydrogen-bond donors (Lipinski definition) is 0. The Kier molecular flexibility index (Phi) is 6.29. The number of nitrogens with zero attached hydrogens (tertiary/aromatic N) is 5. The topological polar surface area (TPSA) is 82.4 Å². The first kappa shape index (κ1) is 22.6. The fourth-order valence-corrected chi connectivity index (χ4v) is 5.59. The molecule has 0 spiro atoms. The molecule has 4 heterocycles. The Labute approximate surface area is 213 Å². The normalized spacial score (nSPS) is 16.8. The molecule has 6 rings (SSSR count). The van der Waals surface area contributed by atoms with Gasteiger partial charge in [-0.2, -0.15) is 0 Å². The van der Waals surface area contributed by atoms with Crippen LogP contribution in [0.2, 0.25) is 0 Å². The van der Waals surface area contributed by atoms with E-state index in [9.17, 15) is 4.79 Å². The van der Waals surface area contributed by atoms with Crippen LogP contribution in [0.3, 0.4) is 0 Å². The summed E-state index contributed by atoms with van der Waals surface area (Å²) in [5.74, 6) is 2.61. The zero-order valence-electron chi connectivity index (χ0n) is 19.6. The standard InChI is InChI=1S/C27H25N5O3S/c33-25(31-14-4-7-22(31)20-8-9-23-24(17-20)35-16-15-34-23)18-36-27-30-29-26(19-10-12-28-13-11-19)32(27)21-5-2-1-3-6-21/h1-3,5-6,8-13,17,22H,4,7,14-16,18H2/t22-/m1/s1. The van der Waals surface area contributed by atoms with Gasteiger partial charge in [0.25, 0.3) is 0 Å². The molecule has 1 atom stereocenters. The molecule has 8 nitrogen and oxygen atoms in total. The average molecular weight is 500 g/mol. The van der Waals surface area contributed by atoms with Crippen molar-refractivity contribution in [3.05, 3.63) is 78.6 Å². The summed E-state index contributed by atoms with van der Waals surface area (Å²) in [6.45, 7) is 1.85. The van der Waals surface area contributed by atoms with Crippen LogP contribution in [0.1, 0.15) is 24.4 Å². The predicted molar refractivity (Wildman–Crippen MR) is 136 cm³/mol. The number of fused-ring (bicyclic) bond motifs is 1. The summed E-state index contributed by atoms with van der Waals surface area (Å²) in [6, 6.07) is 19.8. The van der Waals surface area contributed by atoms with Crippen molar-refractivity contribution >= 4 is 17.7 Å². The Morgan fingerprint density at radius 3 is 2.61 bits per heavy atom. The van der Waals surface area contributed by atoms with Gasteiger partial charge in [-0.15, -0.1) is 10.2 Å². The van der Waals surface area contributed by atoms with Gasteiger partial charge in [-0.3, -0.25) is 14.3 Å². The van der Waals surface area contributed by atoms with Crippen LogP contribution in [0.25, 0.3) is 17.1 Å². The molecule has 0 saturated carbocycles. The van der Waals surface area contributed by atoms with Crippen molar-refractivity contribution in [2.45, 2.75) is 24.0 Å². The van der Waals surface area contributed by atoms with E-state index in [2.05, 4.69) is 15.2 Å². The lowest BCUT2D eigenvalue weighted by molar-refractivity contribution is -0.129. The molecule has 0 N–H and O–H groups in total. The molecule has 2 aromatic heterocycles. The summed E-state index contributed by atoms with van der Waals surface area (Å²) in [7, 11) is 0. The van der Waals surface area contributed by atoms with Crippen LogP contribution < -0.4 is 9.47 Å². The number of rotatable bonds is 6. The molecule has 0 bridgehead atoms. The van der Waals surface area contributed by atoms with Gasteiger partial charge in [0.05, 0.1) is 11.8 Å². The lowest BCUT2D eigenvalue weighted by Gasteiger charge is -2.26. The van der Waals surface area contributed by atoms with E-state index in [1.807, 2.05) is 70.1 Å². The second kappa shape index (κ2) is 10.0. The Hall–Kier alpha value is -3.85. The van der Waals surface area contributed by atoms with Crippen molar-refractivity contribution in [2.75, 3.05) is 25.5 Å². The van der Waals surface area contributed by atoms with Gasteiger partial charge in [0.2, 0.25) is 5.91 Å². The van der Waals surface area contributed by atoms with Crippen LogP contribution in [-0.4, -0.2) is 56.1 Å². The van der Waals surface area contributed by atoms with E-state index in [0.29, 0.717) is 24.2 Å². The third-order valence-corrected chi connectivity index (χ3v) is 7.35. The number of likely N-dealkylation sites (tertiary alicyclic amines) is 1. The highest BCUT2D eigenvalue weighted by molar-refractivity contribution is 7.99. The van der Waals surface area contributed by atoms with E-state index in [1.54, 1.807) is 12.4 Å². The van der Waals surface area contributed by atoms with Gasteiger partial charge >= 0.3 is 0 Å². The van der Waals surface area contributed by atoms with Crippen molar-refractivity contribution in [2.24, 2.45) is 0 Å². The summed E-state index contributed by atoms with van der Waals surface area (Å²) >= 11 is 1.41. The van der Waals surface area contributed by atoms with Crippen molar-refractivity contribution in [3.63, 3.8) is 0 Å². The van der Waals surface area contributed by atoms with Crippen molar-refractivity contribution in [3.8, 4) is 28.6 Å². The quantitative estimate of drug-likeness (QED) is 0.360. The number of ether oxygens (including phenoxy) is 2. The fraction of sp³-hybridized carbons (Fsp3) is 0.259. The molecule has 182 valence electrons. The number of para-hydroxylation sites is 1. The maximum atomic E-state index is 13.4. The molecule has 1 amide bonds. The molecule has 1 fully saturated rings. The van der Waals surface area contributed by atoms with Crippen LogP contribution in [0.15, 0.2) is 78.2 Å². The summed E-state index contributed by atoms with van der Waals surface area (Å²) < 4.78 is 13.4. The highest BCUT2D eigenvalue weighted by atomic mass is 32.2. The maximum Gasteiger partial charge on any atom is 0.233 e. The first-order valence-electron chi connectivity index (χ1n) is 12.0. The highest BCUT2D eigenvalue weighted by Gasteiger charge is 2.31. The van der Waals surface area contributed by atoms with Gasteiger partial charge < -0.3 is 14.4 Å². The van der Waals surface area contributed by atoms with E-state index in [-0.39, 0.29) is 17.7 Å². The zero-order chi connectivity index (χ0) is 24.3. The molecular formula is C27H25N5O3S. The Morgan fingerprint density at radius 1 is 0.972 bits per heavy atom. The fourth-order valence-electron chi connectivity index (χ4n) is 4.75. The Morgan fingerprint density at radius 2 is 1.78 bits per heavy atom. The van der Waals surface area contributed by atoms with Crippen LogP contribution in [0, 0.1) is 0 Å². The number of benzene rings is 2. The average Bonchev–Trinajstić information content (AvgIpc) is 3.60. The maximum absolute atomic E-state index is 13.4. The molecule has 0 radical (unpaired) electrons. The van der Waals surface area contributed by atoms with E-state index in [1.165, 1.54) is 11.8 Å². The van der Waals surface area contributed by atoms with Crippen molar-refractivity contribution in [1.29, 1.82) is 0 Å².